The van der Waals surface area contributed by atoms with Crippen molar-refractivity contribution in [2.45, 2.75) is 19.3 Å². The Morgan fingerprint density at radius 2 is 1.96 bits per heavy atom. The van der Waals surface area contributed by atoms with Crippen LogP contribution in [0.4, 0.5) is 5.69 Å². The van der Waals surface area contributed by atoms with E-state index in [-0.39, 0.29) is 5.56 Å². The van der Waals surface area contributed by atoms with E-state index in [0.717, 1.165) is 42.0 Å². The highest BCUT2D eigenvalue weighted by Gasteiger charge is 2.16. The SMILES string of the molecule is COc1ccc2c(c1)CCCC2=NNc1ccc(C(=O)[O-])cc1. The summed E-state index contributed by atoms with van der Waals surface area (Å²) in [5.41, 5.74) is 7.26. The Labute approximate surface area is 134 Å². The number of rotatable bonds is 4. The molecule has 0 radical (unpaired) electrons. The van der Waals surface area contributed by atoms with Crippen LogP contribution in [0.25, 0.3) is 0 Å². The van der Waals surface area contributed by atoms with E-state index in [0.29, 0.717) is 0 Å². The molecule has 0 aromatic heterocycles. The molecule has 1 N–H and O–H groups in total. The van der Waals surface area contributed by atoms with Crippen molar-refractivity contribution in [3.63, 3.8) is 0 Å². The summed E-state index contributed by atoms with van der Waals surface area (Å²) in [5, 5.41) is 15.2. The van der Waals surface area contributed by atoms with Gasteiger partial charge in [0, 0.05) is 5.56 Å². The summed E-state index contributed by atoms with van der Waals surface area (Å²) in [6.07, 6.45) is 2.97. The van der Waals surface area contributed by atoms with Crippen LogP contribution >= 0.6 is 0 Å². The molecule has 0 atom stereocenters. The summed E-state index contributed by atoms with van der Waals surface area (Å²) in [4.78, 5) is 10.7. The smallest absolute Gasteiger partial charge is 0.119 e. The Balaban J connectivity index is 1.80. The summed E-state index contributed by atoms with van der Waals surface area (Å²) in [6.45, 7) is 0. The second kappa shape index (κ2) is 6.52. The number of ether oxygens (including phenoxy) is 1. The number of hydrazone groups is 1. The molecule has 5 nitrogen and oxygen atoms in total. The molecule has 0 spiro atoms. The molecule has 0 saturated heterocycles. The molecule has 0 aliphatic heterocycles. The lowest BCUT2D eigenvalue weighted by atomic mass is 9.90. The van der Waals surface area contributed by atoms with Gasteiger partial charge in [0.1, 0.15) is 5.75 Å². The van der Waals surface area contributed by atoms with Gasteiger partial charge in [-0.1, -0.05) is 12.1 Å². The molecule has 2 aromatic carbocycles. The topological polar surface area (TPSA) is 73.8 Å². The summed E-state index contributed by atoms with van der Waals surface area (Å²) in [6, 6.07) is 12.4. The Morgan fingerprint density at radius 1 is 1.17 bits per heavy atom. The zero-order chi connectivity index (χ0) is 16.2. The van der Waals surface area contributed by atoms with E-state index < -0.39 is 5.97 Å². The Bertz CT molecular complexity index is 751. The molecule has 0 bridgehead atoms. The molecule has 3 rings (SSSR count). The Kier molecular flexibility index (Phi) is 4.28. The van der Waals surface area contributed by atoms with Crippen molar-refractivity contribution in [3.05, 3.63) is 59.2 Å². The molecule has 23 heavy (non-hydrogen) atoms. The van der Waals surface area contributed by atoms with Crippen LogP contribution in [0.15, 0.2) is 47.6 Å². The van der Waals surface area contributed by atoms with Gasteiger partial charge >= 0.3 is 0 Å². The highest BCUT2D eigenvalue weighted by Crippen LogP contribution is 2.26. The first kappa shape index (κ1) is 15.1. The normalized spacial score (nSPS) is 15.1. The molecule has 5 heteroatoms. The number of carbonyl (C=O) groups excluding carboxylic acids is 1. The molecule has 0 fully saturated rings. The molecule has 1 aliphatic rings. The Hall–Kier alpha value is -2.82. The molecular weight excluding hydrogens is 292 g/mol. The standard InChI is InChI=1S/C18H18N2O3/c1-23-15-9-10-16-13(11-15)3-2-4-17(16)20-19-14-7-5-12(6-8-14)18(21)22/h5-11,19H,2-4H2,1H3,(H,21,22)/p-1. The fourth-order valence-electron chi connectivity index (χ4n) is 2.70. The van der Waals surface area contributed by atoms with Gasteiger partial charge in [-0.2, -0.15) is 5.10 Å². The maximum Gasteiger partial charge on any atom is 0.119 e. The lowest BCUT2D eigenvalue weighted by molar-refractivity contribution is -0.255. The molecule has 0 amide bonds. The van der Waals surface area contributed by atoms with Crippen LogP contribution in [0, 0.1) is 0 Å². The number of hydrogen-bond acceptors (Lipinski definition) is 5. The van der Waals surface area contributed by atoms with Crippen LogP contribution in [0.5, 0.6) is 5.75 Å². The predicted octanol–water partition coefficient (Wildman–Crippen LogP) is 2.21. The van der Waals surface area contributed by atoms with Gasteiger partial charge < -0.3 is 14.6 Å². The van der Waals surface area contributed by atoms with Crippen LogP contribution in [-0.2, 0) is 6.42 Å². The third kappa shape index (κ3) is 3.34. The van der Waals surface area contributed by atoms with E-state index in [1.807, 2.05) is 12.1 Å². The first-order valence-corrected chi connectivity index (χ1v) is 7.48. The fraction of sp³-hybridized carbons (Fsp3) is 0.222. The second-order valence-corrected chi connectivity index (χ2v) is 5.41. The number of nitrogens with zero attached hydrogens (tertiary/aromatic N) is 1. The average Bonchev–Trinajstić information content (AvgIpc) is 2.59. The minimum Gasteiger partial charge on any atom is -0.545 e. The summed E-state index contributed by atoms with van der Waals surface area (Å²) < 4.78 is 5.27. The zero-order valence-corrected chi connectivity index (χ0v) is 12.8. The van der Waals surface area contributed by atoms with E-state index in [1.54, 1.807) is 19.2 Å². The molecule has 0 unspecified atom stereocenters. The molecule has 0 saturated carbocycles. The van der Waals surface area contributed by atoms with Gasteiger partial charge in [-0.05, 0) is 60.7 Å². The van der Waals surface area contributed by atoms with Gasteiger partial charge in [0.2, 0.25) is 0 Å². The van der Waals surface area contributed by atoms with Crippen molar-refractivity contribution in [3.8, 4) is 5.75 Å². The van der Waals surface area contributed by atoms with Crippen LogP contribution in [0.1, 0.15) is 34.3 Å². The van der Waals surface area contributed by atoms with Crippen LogP contribution in [-0.4, -0.2) is 18.8 Å². The average molecular weight is 309 g/mol. The minimum absolute atomic E-state index is 0.151. The number of fused-ring (bicyclic) bond motifs is 1. The van der Waals surface area contributed by atoms with Crippen molar-refractivity contribution in [2.24, 2.45) is 5.10 Å². The maximum atomic E-state index is 10.7. The quantitative estimate of drug-likeness (QED) is 0.879. The molecular formula is C18H17N2O3-. The lowest BCUT2D eigenvalue weighted by Crippen LogP contribution is -2.21. The number of hydrogen-bond donors (Lipinski definition) is 1. The monoisotopic (exact) mass is 309 g/mol. The first-order chi connectivity index (χ1) is 11.2. The highest BCUT2D eigenvalue weighted by atomic mass is 16.5. The summed E-state index contributed by atoms with van der Waals surface area (Å²) in [5.74, 6) is -0.325. The van der Waals surface area contributed by atoms with Crippen LogP contribution in [0.3, 0.4) is 0 Å². The van der Waals surface area contributed by atoms with Gasteiger partial charge in [-0.25, -0.2) is 0 Å². The highest BCUT2D eigenvalue weighted by molar-refractivity contribution is 6.03. The zero-order valence-electron chi connectivity index (χ0n) is 12.8. The van der Waals surface area contributed by atoms with Gasteiger partial charge in [0.25, 0.3) is 0 Å². The first-order valence-electron chi connectivity index (χ1n) is 7.48. The second-order valence-electron chi connectivity index (χ2n) is 5.41. The lowest BCUT2D eigenvalue weighted by Gasteiger charge is -2.18. The third-order valence-electron chi connectivity index (χ3n) is 3.92. The maximum absolute atomic E-state index is 10.7. The van der Waals surface area contributed by atoms with Crippen molar-refractivity contribution >= 4 is 17.4 Å². The number of anilines is 1. The van der Waals surface area contributed by atoms with Gasteiger partial charge in [-0.3, -0.25) is 5.43 Å². The number of nitrogens with one attached hydrogen (secondary N) is 1. The van der Waals surface area contributed by atoms with E-state index in [1.165, 1.54) is 17.7 Å². The van der Waals surface area contributed by atoms with Crippen molar-refractivity contribution in [1.82, 2.24) is 0 Å². The number of carbonyl (C=O) groups is 1. The van der Waals surface area contributed by atoms with Crippen molar-refractivity contribution < 1.29 is 14.6 Å². The molecule has 0 heterocycles. The number of benzene rings is 2. The number of carboxylic acid groups (broad SMARTS) is 1. The number of aryl methyl sites for hydroxylation is 1. The number of methoxy groups -OCH3 is 1. The van der Waals surface area contributed by atoms with Crippen LogP contribution < -0.4 is 15.3 Å². The van der Waals surface area contributed by atoms with Gasteiger partial charge in [0.15, 0.2) is 0 Å². The van der Waals surface area contributed by atoms with Gasteiger partial charge in [0.05, 0.1) is 24.5 Å². The molecule has 1 aliphatic carbocycles. The predicted molar refractivity (Wildman–Crippen MR) is 86.9 cm³/mol. The van der Waals surface area contributed by atoms with E-state index in [9.17, 15) is 9.90 Å². The van der Waals surface area contributed by atoms with E-state index in [4.69, 9.17) is 4.74 Å². The molecule has 118 valence electrons. The summed E-state index contributed by atoms with van der Waals surface area (Å²) in [7, 11) is 1.66. The van der Waals surface area contributed by atoms with Gasteiger partial charge in [-0.15, -0.1) is 0 Å². The number of carboxylic acids is 1. The minimum atomic E-state index is -1.18. The third-order valence-corrected chi connectivity index (χ3v) is 3.92. The van der Waals surface area contributed by atoms with Crippen molar-refractivity contribution in [1.29, 1.82) is 0 Å². The Morgan fingerprint density at radius 3 is 2.65 bits per heavy atom. The largest absolute Gasteiger partial charge is 0.545 e. The van der Waals surface area contributed by atoms with Crippen LogP contribution in [0.2, 0.25) is 0 Å². The molecule has 2 aromatic rings. The van der Waals surface area contributed by atoms with E-state index in [2.05, 4.69) is 16.6 Å². The number of aromatic carboxylic acids is 1. The summed E-state index contributed by atoms with van der Waals surface area (Å²) >= 11 is 0. The fourth-order valence-corrected chi connectivity index (χ4v) is 2.70. The van der Waals surface area contributed by atoms with E-state index >= 15 is 0 Å². The van der Waals surface area contributed by atoms with Crippen molar-refractivity contribution in [2.75, 3.05) is 12.5 Å².